The SMILES string of the molecule is Cc1cc(C)c2oc(-c3cccc(NC(=S)NC(=O)CC45CC6CC(CC(C6)C4)C5)c3)nc2c1. The summed E-state index contributed by atoms with van der Waals surface area (Å²) < 4.78 is 6.06. The van der Waals surface area contributed by atoms with Crippen LogP contribution in [-0.2, 0) is 4.79 Å². The van der Waals surface area contributed by atoms with Gasteiger partial charge in [-0.3, -0.25) is 4.79 Å². The molecule has 2 N–H and O–H groups in total. The minimum Gasteiger partial charge on any atom is -0.436 e. The molecule has 4 bridgehead atoms. The fraction of sp³-hybridized carbons (Fsp3) is 0.464. The Morgan fingerprint density at radius 3 is 2.50 bits per heavy atom. The van der Waals surface area contributed by atoms with Crippen molar-refractivity contribution >= 4 is 40.0 Å². The molecular weight excluding hydrogens is 442 g/mol. The Morgan fingerprint density at radius 2 is 1.79 bits per heavy atom. The normalized spacial score (nSPS) is 27.2. The zero-order valence-electron chi connectivity index (χ0n) is 19.8. The number of thiocarbonyl (C=S) groups is 1. The molecule has 0 saturated heterocycles. The zero-order valence-corrected chi connectivity index (χ0v) is 20.6. The van der Waals surface area contributed by atoms with Crippen LogP contribution in [0.2, 0.25) is 0 Å². The highest BCUT2D eigenvalue weighted by Crippen LogP contribution is 2.61. The molecular formula is C28H31N3O2S. The predicted octanol–water partition coefficient (Wildman–Crippen LogP) is 6.53. The number of carbonyl (C=O) groups is 1. The molecule has 3 aromatic rings. The van der Waals surface area contributed by atoms with Gasteiger partial charge in [0.05, 0.1) is 0 Å². The third-order valence-electron chi connectivity index (χ3n) is 8.14. The van der Waals surface area contributed by atoms with Crippen molar-refractivity contribution in [3.05, 3.63) is 47.5 Å². The molecule has 7 rings (SSSR count). The van der Waals surface area contributed by atoms with E-state index in [-0.39, 0.29) is 11.3 Å². The molecule has 4 aliphatic rings. The molecule has 5 nitrogen and oxygen atoms in total. The average Bonchev–Trinajstić information content (AvgIpc) is 3.17. The standard InChI is InChI=1S/C28H31N3O2S/c1-16-6-17(2)25-23(7-16)30-26(33-25)21-4-3-5-22(11-21)29-27(34)31-24(32)15-28-12-18-8-19(13-28)10-20(9-18)14-28/h3-7,11,18-20H,8-10,12-15H2,1-2H3,(H2,29,31,32,34). The summed E-state index contributed by atoms with van der Waals surface area (Å²) in [6.07, 6.45) is 8.41. The van der Waals surface area contributed by atoms with Gasteiger partial charge in [-0.05, 0) is 123 Å². The second-order valence-corrected chi connectivity index (χ2v) is 11.5. The van der Waals surface area contributed by atoms with Crippen molar-refractivity contribution < 1.29 is 9.21 Å². The van der Waals surface area contributed by atoms with Crippen LogP contribution in [-0.4, -0.2) is 16.0 Å². The van der Waals surface area contributed by atoms with E-state index in [1.807, 2.05) is 37.3 Å². The molecule has 0 radical (unpaired) electrons. The van der Waals surface area contributed by atoms with E-state index in [0.29, 0.717) is 17.4 Å². The fourth-order valence-corrected chi connectivity index (χ4v) is 7.64. The number of nitrogens with zero attached hydrogens (tertiary/aromatic N) is 1. The van der Waals surface area contributed by atoms with E-state index in [4.69, 9.17) is 16.6 Å². The Labute approximate surface area is 205 Å². The van der Waals surface area contributed by atoms with E-state index in [2.05, 4.69) is 28.6 Å². The summed E-state index contributed by atoms with van der Waals surface area (Å²) in [6.45, 7) is 4.09. The molecule has 0 spiro atoms. The second kappa shape index (κ2) is 8.19. The first-order chi connectivity index (χ1) is 16.3. The number of anilines is 1. The number of hydrogen-bond acceptors (Lipinski definition) is 4. The van der Waals surface area contributed by atoms with Gasteiger partial charge in [0.15, 0.2) is 10.7 Å². The number of amides is 1. The van der Waals surface area contributed by atoms with Crippen LogP contribution in [0.3, 0.4) is 0 Å². The third kappa shape index (κ3) is 4.13. The number of hydrogen-bond donors (Lipinski definition) is 2. The molecule has 4 fully saturated rings. The van der Waals surface area contributed by atoms with Crippen molar-refractivity contribution in [2.45, 2.75) is 58.8 Å². The van der Waals surface area contributed by atoms with Gasteiger partial charge in [-0.25, -0.2) is 4.98 Å². The van der Waals surface area contributed by atoms with E-state index in [9.17, 15) is 4.79 Å². The van der Waals surface area contributed by atoms with Crippen LogP contribution >= 0.6 is 12.2 Å². The molecule has 176 valence electrons. The van der Waals surface area contributed by atoms with Gasteiger partial charge in [-0.2, -0.15) is 0 Å². The summed E-state index contributed by atoms with van der Waals surface area (Å²) in [7, 11) is 0. The van der Waals surface area contributed by atoms with Gasteiger partial charge in [0.2, 0.25) is 11.8 Å². The molecule has 0 aliphatic heterocycles. The lowest BCUT2D eigenvalue weighted by Gasteiger charge is -2.56. The molecule has 4 saturated carbocycles. The number of rotatable bonds is 4. The van der Waals surface area contributed by atoms with Gasteiger partial charge in [0.1, 0.15) is 5.52 Å². The predicted molar refractivity (Wildman–Crippen MR) is 139 cm³/mol. The highest BCUT2D eigenvalue weighted by molar-refractivity contribution is 7.80. The van der Waals surface area contributed by atoms with Crippen LogP contribution in [0.1, 0.15) is 56.1 Å². The van der Waals surface area contributed by atoms with Gasteiger partial charge in [-0.15, -0.1) is 0 Å². The maximum absolute atomic E-state index is 12.9. The summed E-state index contributed by atoms with van der Waals surface area (Å²) >= 11 is 5.48. The number of aromatic nitrogens is 1. The van der Waals surface area contributed by atoms with Crippen LogP contribution < -0.4 is 10.6 Å². The molecule has 4 aliphatic carbocycles. The van der Waals surface area contributed by atoms with E-state index in [1.165, 1.54) is 38.5 Å². The highest BCUT2D eigenvalue weighted by atomic mass is 32.1. The smallest absolute Gasteiger partial charge is 0.227 e. The Balaban J connectivity index is 1.12. The number of benzene rings is 2. The number of aryl methyl sites for hydroxylation is 2. The number of oxazole rings is 1. The Bertz CT molecular complexity index is 1260. The second-order valence-electron chi connectivity index (χ2n) is 11.1. The lowest BCUT2D eigenvalue weighted by Crippen LogP contribution is -2.48. The van der Waals surface area contributed by atoms with Gasteiger partial charge < -0.3 is 15.1 Å². The van der Waals surface area contributed by atoms with Crippen LogP contribution in [0.25, 0.3) is 22.6 Å². The molecule has 1 aromatic heterocycles. The van der Waals surface area contributed by atoms with Crippen LogP contribution in [0, 0.1) is 37.0 Å². The molecule has 0 atom stereocenters. The van der Waals surface area contributed by atoms with E-state index >= 15 is 0 Å². The third-order valence-corrected chi connectivity index (χ3v) is 8.35. The number of carbonyl (C=O) groups excluding carboxylic acids is 1. The van der Waals surface area contributed by atoms with Crippen molar-refractivity contribution in [2.75, 3.05) is 5.32 Å². The summed E-state index contributed by atoms with van der Waals surface area (Å²) in [5.74, 6) is 3.13. The first-order valence-electron chi connectivity index (χ1n) is 12.4. The Morgan fingerprint density at radius 1 is 1.09 bits per heavy atom. The maximum Gasteiger partial charge on any atom is 0.227 e. The summed E-state index contributed by atoms with van der Waals surface area (Å²) in [4.78, 5) is 17.6. The minimum atomic E-state index is 0.0420. The molecule has 6 heteroatoms. The van der Waals surface area contributed by atoms with Gasteiger partial charge in [0, 0.05) is 17.7 Å². The first-order valence-corrected chi connectivity index (χ1v) is 12.8. The average molecular weight is 474 g/mol. The van der Waals surface area contributed by atoms with Crippen molar-refractivity contribution in [3.8, 4) is 11.5 Å². The lowest BCUT2D eigenvalue weighted by molar-refractivity contribution is -0.127. The van der Waals surface area contributed by atoms with Crippen LogP contribution in [0.15, 0.2) is 40.8 Å². The molecule has 1 heterocycles. The molecule has 1 amide bonds. The Hall–Kier alpha value is -2.73. The lowest BCUT2D eigenvalue weighted by atomic mass is 9.49. The van der Waals surface area contributed by atoms with Crippen molar-refractivity contribution in [1.29, 1.82) is 0 Å². The minimum absolute atomic E-state index is 0.0420. The fourth-order valence-electron chi connectivity index (χ4n) is 7.41. The van der Waals surface area contributed by atoms with Crippen LogP contribution in [0.4, 0.5) is 5.69 Å². The number of nitrogens with one attached hydrogen (secondary N) is 2. The van der Waals surface area contributed by atoms with Gasteiger partial charge in [0.25, 0.3) is 0 Å². The zero-order chi connectivity index (χ0) is 23.4. The highest BCUT2D eigenvalue weighted by Gasteiger charge is 2.51. The topological polar surface area (TPSA) is 67.2 Å². The summed E-state index contributed by atoms with van der Waals surface area (Å²) in [6, 6.07) is 11.9. The van der Waals surface area contributed by atoms with Crippen molar-refractivity contribution in [3.63, 3.8) is 0 Å². The van der Waals surface area contributed by atoms with Gasteiger partial charge in [-0.1, -0.05) is 12.1 Å². The largest absolute Gasteiger partial charge is 0.436 e. The van der Waals surface area contributed by atoms with Crippen LogP contribution in [0.5, 0.6) is 0 Å². The monoisotopic (exact) mass is 473 g/mol. The van der Waals surface area contributed by atoms with E-state index in [1.54, 1.807) is 0 Å². The summed E-state index contributed by atoms with van der Waals surface area (Å²) in [5.41, 5.74) is 5.77. The van der Waals surface area contributed by atoms with Crippen molar-refractivity contribution in [1.82, 2.24) is 10.3 Å². The molecule has 2 aromatic carbocycles. The van der Waals surface area contributed by atoms with Gasteiger partial charge >= 0.3 is 0 Å². The Kier molecular flexibility index (Phi) is 5.25. The van der Waals surface area contributed by atoms with E-state index in [0.717, 1.165) is 51.2 Å². The van der Waals surface area contributed by atoms with E-state index < -0.39 is 0 Å². The molecule has 34 heavy (non-hydrogen) atoms. The number of fused-ring (bicyclic) bond motifs is 1. The summed E-state index contributed by atoms with van der Waals surface area (Å²) in [5, 5.41) is 6.46. The quantitative estimate of drug-likeness (QED) is 0.422. The first kappa shape index (κ1) is 21.8. The molecule has 0 unspecified atom stereocenters. The maximum atomic E-state index is 12.9. The van der Waals surface area contributed by atoms with Crippen molar-refractivity contribution in [2.24, 2.45) is 23.2 Å².